The molecule has 1 aromatic rings. The van der Waals surface area contributed by atoms with Gasteiger partial charge in [-0.1, -0.05) is 13.3 Å². The van der Waals surface area contributed by atoms with Gasteiger partial charge in [-0.15, -0.1) is 5.10 Å². The summed E-state index contributed by atoms with van der Waals surface area (Å²) in [5.41, 5.74) is 10.9. The van der Waals surface area contributed by atoms with E-state index in [2.05, 4.69) is 22.1 Å². The highest BCUT2D eigenvalue weighted by Gasteiger charge is 2.07. The van der Waals surface area contributed by atoms with Gasteiger partial charge < -0.3 is 11.5 Å². The van der Waals surface area contributed by atoms with E-state index < -0.39 is 0 Å². The van der Waals surface area contributed by atoms with Gasteiger partial charge in [-0.05, 0) is 12.5 Å². The molecule has 0 aliphatic rings. The average molecular weight is 169 g/mol. The lowest BCUT2D eigenvalue weighted by Gasteiger charge is -2.08. The molecule has 1 aromatic heterocycles. The Labute approximate surface area is 71.6 Å². The minimum Gasteiger partial charge on any atom is -0.367 e. The summed E-state index contributed by atoms with van der Waals surface area (Å²) in [6.45, 7) is 2.79. The number of rotatable bonds is 4. The average Bonchev–Trinajstić information content (AvgIpc) is 2.47. The quantitative estimate of drug-likeness (QED) is 0.587. The Morgan fingerprint density at radius 1 is 1.58 bits per heavy atom. The molecule has 0 spiro atoms. The van der Waals surface area contributed by atoms with Gasteiger partial charge in [-0.2, -0.15) is 4.98 Å². The van der Waals surface area contributed by atoms with E-state index in [4.69, 9.17) is 11.5 Å². The van der Waals surface area contributed by atoms with Crippen LogP contribution in [0.3, 0.4) is 0 Å². The van der Waals surface area contributed by atoms with Crippen LogP contribution in [-0.2, 0) is 6.42 Å². The molecule has 12 heavy (non-hydrogen) atoms. The number of hydrogen-bond donors (Lipinski definition) is 3. The van der Waals surface area contributed by atoms with Crippen LogP contribution in [0.4, 0.5) is 5.95 Å². The third kappa shape index (κ3) is 2.20. The van der Waals surface area contributed by atoms with E-state index in [1.165, 1.54) is 0 Å². The molecule has 5 N–H and O–H groups in total. The number of hydrogen-bond acceptors (Lipinski definition) is 4. The fraction of sp³-hybridized carbons (Fsp3) is 0.714. The Morgan fingerprint density at radius 3 is 2.75 bits per heavy atom. The highest BCUT2D eigenvalue weighted by Crippen LogP contribution is 2.07. The third-order valence-electron chi connectivity index (χ3n) is 1.94. The van der Waals surface area contributed by atoms with Gasteiger partial charge in [0, 0.05) is 6.42 Å². The van der Waals surface area contributed by atoms with E-state index in [0.717, 1.165) is 18.7 Å². The Bertz CT molecular complexity index is 227. The molecule has 0 aliphatic heterocycles. The zero-order valence-electron chi connectivity index (χ0n) is 7.25. The van der Waals surface area contributed by atoms with Gasteiger partial charge in [0.15, 0.2) is 0 Å². The Morgan fingerprint density at radius 2 is 2.33 bits per heavy atom. The minimum absolute atomic E-state index is 0.303. The summed E-state index contributed by atoms with van der Waals surface area (Å²) in [5, 5.41) is 6.50. The summed E-state index contributed by atoms with van der Waals surface area (Å²) >= 11 is 0. The molecule has 5 heteroatoms. The van der Waals surface area contributed by atoms with Gasteiger partial charge in [0.1, 0.15) is 5.82 Å². The van der Waals surface area contributed by atoms with Crippen LogP contribution in [0.2, 0.25) is 0 Å². The number of nitrogens with one attached hydrogen (secondary N) is 1. The summed E-state index contributed by atoms with van der Waals surface area (Å²) in [4.78, 5) is 4.00. The Balaban J connectivity index is 2.50. The molecule has 68 valence electrons. The lowest BCUT2D eigenvalue weighted by molar-refractivity contribution is 0.506. The molecule has 0 aromatic carbocycles. The summed E-state index contributed by atoms with van der Waals surface area (Å²) in [6.07, 6.45) is 1.88. The van der Waals surface area contributed by atoms with E-state index in [0.29, 0.717) is 18.4 Å². The van der Waals surface area contributed by atoms with Crippen molar-refractivity contribution < 1.29 is 0 Å². The first-order valence-electron chi connectivity index (χ1n) is 4.13. The smallest absolute Gasteiger partial charge is 0.239 e. The van der Waals surface area contributed by atoms with Crippen LogP contribution < -0.4 is 11.5 Å². The Kier molecular flexibility index (Phi) is 3.04. The molecule has 0 amide bonds. The van der Waals surface area contributed by atoms with Crippen molar-refractivity contribution in [2.45, 2.75) is 19.8 Å². The molecule has 0 saturated carbocycles. The summed E-state index contributed by atoms with van der Waals surface area (Å²) in [7, 11) is 0. The van der Waals surface area contributed by atoms with Crippen LogP contribution in [0, 0.1) is 5.92 Å². The first-order valence-corrected chi connectivity index (χ1v) is 4.13. The number of nitrogens with two attached hydrogens (primary N) is 2. The van der Waals surface area contributed by atoms with Crippen molar-refractivity contribution in [1.29, 1.82) is 0 Å². The van der Waals surface area contributed by atoms with Crippen molar-refractivity contribution in [2.75, 3.05) is 12.3 Å². The molecule has 0 aliphatic carbocycles. The lowest BCUT2D eigenvalue weighted by atomic mass is 10.0. The van der Waals surface area contributed by atoms with Crippen LogP contribution in [0.1, 0.15) is 19.2 Å². The number of nitrogens with zero attached hydrogens (tertiary/aromatic N) is 2. The first kappa shape index (κ1) is 8.99. The highest BCUT2D eigenvalue weighted by molar-refractivity contribution is 5.12. The van der Waals surface area contributed by atoms with Gasteiger partial charge in [-0.25, -0.2) is 0 Å². The number of aromatic nitrogens is 3. The molecular weight excluding hydrogens is 154 g/mol. The molecule has 1 atom stereocenters. The molecule has 0 bridgehead atoms. The van der Waals surface area contributed by atoms with Crippen LogP contribution in [0.25, 0.3) is 0 Å². The maximum atomic E-state index is 5.54. The Hall–Kier alpha value is -1.10. The van der Waals surface area contributed by atoms with Crippen molar-refractivity contribution in [3.63, 3.8) is 0 Å². The standard InChI is InChI=1S/C7H15N5/c1-2-5(4-8)3-6-10-7(9)12-11-6/h5H,2-4,8H2,1H3,(H3,9,10,11,12). The molecular formula is C7H15N5. The normalized spacial score (nSPS) is 13.2. The van der Waals surface area contributed by atoms with Gasteiger partial charge in [0.2, 0.25) is 5.95 Å². The molecule has 1 unspecified atom stereocenters. The second-order valence-electron chi connectivity index (χ2n) is 2.85. The maximum absolute atomic E-state index is 5.54. The molecule has 1 heterocycles. The molecule has 0 radical (unpaired) electrons. The van der Waals surface area contributed by atoms with Crippen LogP contribution in [-0.4, -0.2) is 21.7 Å². The van der Waals surface area contributed by atoms with Gasteiger partial charge in [0.25, 0.3) is 0 Å². The zero-order valence-corrected chi connectivity index (χ0v) is 7.25. The largest absolute Gasteiger partial charge is 0.367 e. The topological polar surface area (TPSA) is 93.6 Å². The molecule has 5 nitrogen and oxygen atoms in total. The second-order valence-corrected chi connectivity index (χ2v) is 2.85. The van der Waals surface area contributed by atoms with Gasteiger partial charge in [-0.3, -0.25) is 5.10 Å². The van der Waals surface area contributed by atoms with Gasteiger partial charge >= 0.3 is 0 Å². The van der Waals surface area contributed by atoms with Crippen molar-refractivity contribution >= 4 is 5.95 Å². The second kappa shape index (κ2) is 4.06. The van der Waals surface area contributed by atoms with Crippen LogP contribution in [0.5, 0.6) is 0 Å². The fourth-order valence-corrected chi connectivity index (χ4v) is 1.07. The van der Waals surface area contributed by atoms with Crippen molar-refractivity contribution in [2.24, 2.45) is 11.7 Å². The van der Waals surface area contributed by atoms with E-state index in [-0.39, 0.29) is 0 Å². The van der Waals surface area contributed by atoms with Crippen molar-refractivity contribution in [3.8, 4) is 0 Å². The number of anilines is 1. The zero-order chi connectivity index (χ0) is 8.97. The number of aromatic amines is 1. The van der Waals surface area contributed by atoms with Crippen LogP contribution in [0.15, 0.2) is 0 Å². The van der Waals surface area contributed by atoms with Crippen LogP contribution >= 0.6 is 0 Å². The monoisotopic (exact) mass is 169 g/mol. The molecule has 0 saturated heterocycles. The molecule has 0 fully saturated rings. The summed E-state index contributed by atoms with van der Waals surface area (Å²) in [5.74, 6) is 1.60. The minimum atomic E-state index is 0.303. The predicted octanol–water partition coefficient (Wildman–Crippen LogP) is -0.0857. The maximum Gasteiger partial charge on any atom is 0.239 e. The summed E-state index contributed by atoms with van der Waals surface area (Å²) in [6, 6.07) is 0. The predicted molar refractivity (Wildman–Crippen MR) is 47.3 cm³/mol. The highest BCUT2D eigenvalue weighted by atomic mass is 15.3. The lowest BCUT2D eigenvalue weighted by Crippen LogP contribution is -2.16. The SMILES string of the molecule is CCC(CN)Cc1nc(N)n[nH]1. The van der Waals surface area contributed by atoms with E-state index in [1.54, 1.807) is 0 Å². The van der Waals surface area contributed by atoms with E-state index in [9.17, 15) is 0 Å². The molecule has 1 rings (SSSR count). The number of nitrogen functional groups attached to an aromatic ring is 1. The van der Waals surface area contributed by atoms with Gasteiger partial charge in [0.05, 0.1) is 0 Å². The summed E-state index contributed by atoms with van der Waals surface area (Å²) < 4.78 is 0. The van der Waals surface area contributed by atoms with Crippen molar-refractivity contribution in [1.82, 2.24) is 15.2 Å². The fourth-order valence-electron chi connectivity index (χ4n) is 1.07. The van der Waals surface area contributed by atoms with E-state index in [1.807, 2.05) is 0 Å². The third-order valence-corrected chi connectivity index (χ3v) is 1.94. The van der Waals surface area contributed by atoms with Crippen molar-refractivity contribution in [3.05, 3.63) is 5.82 Å². The number of H-pyrrole nitrogens is 1. The first-order chi connectivity index (χ1) is 5.76. The van der Waals surface area contributed by atoms with E-state index >= 15 is 0 Å².